The van der Waals surface area contributed by atoms with Crippen molar-refractivity contribution in [2.75, 3.05) is 13.7 Å². The van der Waals surface area contributed by atoms with Crippen LogP contribution in [0.4, 0.5) is 0 Å². The standard InChI is InChI=1S/C20H20O8/c1-25-14-9-7-13(8-10-14)19(23)28-17-16(21)15(11-26-20(17)24)27-18(22)12-5-3-2-4-6-12/h2-10,15-17,20-21,24H,11H2,1H3/t15-,16+,17-,20-/m1/s1. The van der Waals surface area contributed by atoms with E-state index in [0.717, 1.165) is 0 Å². The van der Waals surface area contributed by atoms with Gasteiger partial charge >= 0.3 is 11.9 Å². The van der Waals surface area contributed by atoms with Crippen molar-refractivity contribution >= 4 is 11.9 Å². The minimum atomic E-state index is -1.55. The second kappa shape index (κ2) is 8.83. The number of aliphatic hydroxyl groups excluding tert-OH is 2. The lowest BCUT2D eigenvalue weighted by atomic mass is 10.0. The average molecular weight is 388 g/mol. The molecule has 1 aliphatic rings. The first-order chi connectivity index (χ1) is 13.5. The maximum Gasteiger partial charge on any atom is 0.338 e. The zero-order valence-electron chi connectivity index (χ0n) is 15.1. The number of aliphatic hydroxyl groups is 2. The molecule has 1 heterocycles. The Morgan fingerprint density at radius 2 is 1.54 bits per heavy atom. The van der Waals surface area contributed by atoms with Crippen molar-refractivity contribution in [1.29, 1.82) is 0 Å². The Balaban J connectivity index is 1.66. The molecule has 2 aromatic rings. The number of carbonyl (C=O) groups is 2. The number of hydrogen-bond acceptors (Lipinski definition) is 8. The number of methoxy groups -OCH3 is 1. The third-order valence-corrected chi connectivity index (χ3v) is 4.27. The van der Waals surface area contributed by atoms with E-state index in [0.29, 0.717) is 11.3 Å². The van der Waals surface area contributed by atoms with Crippen LogP contribution in [-0.2, 0) is 14.2 Å². The molecule has 148 valence electrons. The van der Waals surface area contributed by atoms with Crippen molar-refractivity contribution in [1.82, 2.24) is 0 Å². The normalized spacial score (nSPS) is 24.2. The maximum atomic E-state index is 12.3. The summed E-state index contributed by atoms with van der Waals surface area (Å²) < 4.78 is 20.6. The van der Waals surface area contributed by atoms with Gasteiger partial charge in [0.1, 0.15) is 11.9 Å². The van der Waals surface area contributed by atoms with Crippen LogP contribution in [0.2, 0.25) is 0 Å². The van der Waals surface area contributed by atoms with Gasteiger partial charge in [-0.3, -0.25) is 0 Å². The smallest absolute Gasteiger partial charge is 0.338 e. The van der Waals surface area contributed by atoms with Gasteiger partial charge in [0.25, 0.3) is 0 Å². The molecule has 1 aliphatic heterocycles. The first kappa shape index (κ1) is 19.8. The van der Waals surface area contributed by atoms with Gasteiger partial charge in [0.2, 0.25) is 0 Å². The van der Waals surface area contributed by atoms with E-state index in [1.807, 2.05) is 0 Å². The molecule has 0 saturated carbocycles. The van der Waals surface area contributed by atoms with Gasteiger partial charge in [-0.25, -0.2) is 9.59 Å². The van der Waals surface area contributed by atoms with Crippen LogP contribution in [0.15, 0.2) is 54.6 Å². The number of benzene rings is 2. The molecule has 2 N–H and O–H groups in total. The highest BCUT2D eigenvalue weighted by Gasteiger charge is 2.43. The summed E-state index contributed by atoms with van der Waals surface area (Å²) in [5, 5.41) is 20.4. The van der Waals surface area contributed by atoms with Gasteiger partial charge in [-0.15, -0.1) is 0 Å². The van der Waals surface area contributed by atoms with Crippen molar-refractivity contribution in [3.8, 4) is 5.75 Å². The Hall–Kier alpha value is -2.94. The first-order valence-electron chi connectivity index (χ1n) is 8.58. The van der Waals surface area contributed by atoms with Gasteiger partial charge in [-0.2, -0.15) is 0 Å². The number of esters is 2. The van der Waals surface area contributed by atoms with E-state index in [2.05, 4.69) is 0 Å². The fourth-order valence-corrected chi connectivity index (χ4v) is 2.70. The minimum Gasteiger partial charge on any atom is -0.497 e. The van der Waals surface area contributed by atoms with E-state index in [4.69, 9.17) is 18.9 Å². The molecule has 2 aromatic carbocycles. The van der Waals surface area contributed by atoms with E-state index in [-0.39, 0.29) is 12.2 Å². The molecule has 0 aromatic heterocycles. The highest BCUT2D eigenvalue weighted by molar-refractivity contribution is 5.90. The van der Waals surface area contributed by atoms with Crippen molar-refractivity contribution in [3.63, 3.8) is 0 Å². The van der Waals surface area contributed by atoms with Gasteiger partial charge in [0, 0.05) is 0 Å². The van der Waals surface area contributed by atoms with Crippen LogP contribution in [0.1, 0.15) is 20.7 Å². The van der Waals surface area contributed by atoms with E-state index < -0.39 is 36.5 Å². The van der Waals surface area contributed by atoms with Crippen LogP contribution in [0.3, 0.4) is 0 Å². The van der Waals surface area contributed by atoms with Crippen LogP contribution in [0.5, 0.6) is 5.75 Å². The average Bonchev–Trinajstić information content (AvgIpc) is 2.73. The van der Waals surface area contributed by atoms with E-state index in [1.54, 1.807) is 42.5 Å². The monoisotopic (exact) mass is 388 g/mol. The Morgan fingerprint density at radius 3 is 2.18 bits per heavy atom. The molecule has 0 amide bonds. The summed E-state index contributed by atoms with van der Waals surface area (Å²) in [5.41, 5.74) is 0.496. The molecular formula is C20H20O8. The number of carbonyl (C=O) groups excluding carboxylic acids is 2. The van der Waals surface area contributed by atoms with Crippen molar-refractivity contribution in [3.05, 3.63) is 65.7 Å². The zero-order valence-corrected chi connectivity index (χ0v) is 15.1. The predicted molar refractivity (Wildman–Crippen MR) is 95.8 cm³/mol. The third-order valence-electron chi connectivity index (χ3n) is 4.27. The number of hydrogen-bond donors (Lipinski definition) is 2. The molecule has 8 nitrogen and oxygen atoms in total. The SMILES string of the molecule is COc1ccc(C(=O)O[C@@H]2[C@@H](O)[C@H](OC(=O)c3ccccc3)CO[C@H]2O)cc1. The van der Waals surface area contributed by atoms with Gasteiger partial charge in [0.15, 0.2) is 18.5 Å². The highest BCUT2D eigenvalue weighted by atomic mass is 16.7. The molecule has 0 radical (unpaired) electrons. The van der Waals surface area contributed by atoms with Gasteiger partial charge < -0.3 is 29.2 Å². The van der Waals surface area contributed by atoms with Crippen LogP contribution in [0.25, 0.3) is 0 Å². The van der Waals surface area contributed by atoms with E-state index >= 15 is 0 Å². The molecule has 0 aliphatic carbocycles. The van der Waals surface area contributed by atoms with Gasteiger partial charge in [-0.05, 0) is 36.4 Å². The van der Waals surface area contributed by atoms with E-state index in [9.17, 15) is 19.8 Å². The van der Waals surface area contributed by atoms with Crippen molar-refractivity contribution in [2.24, 2.45) is 0 Å². The quantitative estimate of drug-likeness (QED) is 0.734. The fraction of sp³-hybridized carbons (Fsp3) is 0.300. The largest absolute Gasteiger partial charge is 0.497 e. The van der Waals surface area contributed by atoms with Crippen LogP contribution < -0.4 is 4.74 Å². The second-order valence-electron chi connectivity index (χ2n) is 6.12. The molecule has 3 rings (SSSR count). The predicted octanol–water partition coefficient (Wildman–Crippen LogP) is 1.16. The molecule has 8 heteroatoms. The Morgan fingerprint density at radius 1 is 0.929 bits per heavy atom. The first-order valence-corrected chi connectivity index (χ1v) is 8.58. The lowest BCUT2D eigenvalue weighted by molar-refractivity contribution is -0.251. The van der Waals surface area contributed by atoms with Crippen LogP contribution in [-0.4, -0.2) is 60.5 Å². The molecule has 0 spiro atoms. The molecular weight excluding hydrogens is 368 g/mol. The summed E-state index contributed by atoms with van der Waals surface area (Å²) in [7, 11) is 1.50. The lowest BCUT2D eigenvalue weighted by Gasteiger charge is -2.36. The Kier molecular flexibility index (Phi) is 6.25. The minimum absolute atomic E-state index is 0.198. The summed E-state index contributed by atoms with van der Waals surface area (Å²) in [4.78, 5) is 24.5. The molecule has 28 heavy (non-hydrogen) atoms. The van der Waals surface area contributed by atoms with Crippen molar-refractivity contribution in [2.45, 2.75) is 24.6 Å². The zero-order chi connectivity index (χ0) is 20.1. The second-order valence-corrected chi connectivity index (χ2v) is 6.12. The summed E-state index contributed by atoms with van der Waals surface area (Å²) >= 11 is 0. The van der Waals surface area contributed by atoms with Gasteiger partial charge in [0.05, 0.1) is 24.8 Å². The van der Waals surface area contributed by atoms with Gasteiger partial charge in [-0.1, -0.05) is 18.2 Å². The Labute approximate surface area is 161 Å². The third kappa shape index (κ3) is 4.48. The highest BCUT2D eigenvalue weighted by Crippen LogP contribution is 2.22. The summed E-state index contributed by atoms with van der Waals surface area (Å²) in [6.07, 6.45) is -5.54. The number of rotatable bonds is 5. The number of ether oxygens (including phenoxy) is 4. The van der Waals surface area contributed by atoms with Crippen molar-refractivity contribution < 1.29 is 38.7 Å². The van der Waals surface area contributed by atoms with E-state index in [1.165, 1.54) is 19.2 Å². The summed E-state index contributed by atoms with van der Waals surface area (Å²) in [5.74, 6) is -0.875. The molecule has 1 fully saturated rings. The summed E-state index contributed by atoms with van der Waals surface area (Å²) in [6, 6.07) is 14.3. The molecule has 1 saturated heterocycles. The summed E-state index contributed by atoms with van der Waals surface area (Å²) in [6.45, 7) is -0.239. The molecule has 0 unspecified atom stereocenters. The topological polar surface area (TPSA) is 112 Å². The Bertz CT molecular complexity index is 805. The maximum absolute atomic E-state index is 12.3. The van der Waals surface area contributed by atoms with Crippen LogP contribution >= 0.6 is 0 Å². The molecule has 4 atom stereocenters. The fourth-order valence-electron chi connectivity index (χ4n) is 2.70. The molecule has 0 bridgehead atoms. The lowest BCUT2D eigenvalue weighted by Crippen LogP contribution is -2.56. The van der Waals surface area contributed by atoms with Crippen LogP contribution in [0, 0.1) is 0 Å².